The van der Waals surface area contributed by atoms with Crippen molar-refractivity contribution >= 4 is 0 Å². The number of ether oxygens (including phenoxy) is 1. The van der Waals surface area contributed by atoms with Crippen molar-refractivity contribution < 1.29 is 9.84 Å². The molecule has 6 rings (SSSR count). The molecular formula is C17H22O2. The quantitative estimate of drug-likeness (QED) is 0.903. The molecule has 2 nitrogen and oxygen atoms in total. The molecule has 0 aliphatic heterocycles. The fourth-order valence-electron chi connectivity index (χ4n) is 4.83. The van der Waals surface area contributed by atoms with Crippen LogP contribution in [0, 0.1) is 23.7 Å². The Hall–Kier alpha value is -0.860. The molecule has 2 heteroatoms. The summed E-state index contributed by atoms with van der Waals surface area (Å²) in [6.45, 7) is 0.745. The van der Waals surface area contributed by atoms with Gasteiger partial charge in [0.05, 0.1) is 18.8 Å². The predicted octanol–water partition coefficient (Wildman–Crippen LogP) is 3.00. The van der Waals surface area contributed by atoms with Crippen molar-refractivity contribution in [3.63, 3.8) is 0 Å². The van der Waals surface area contributed by atoms with Crippen molar-refractivity contribution in [1.82, 2.24) is 0 Å². The van der Waals surface area contributed by atoms with Gasteiger partial charge in [0.15, 0.2) is 0 Å². The van der Waals surface area contributed by atoms with E-state index in [2.05, 4.69) is 24.3 Å². The fourth-order valence-corrected chi connectivity index (χ4v) is 4.83. The molecule has 6 unspecified atom stereocenters. The van der Waals surface area contributed by atoms with Gasteiger partial charge < -0.3 is 9.84 Å². The van der Waals surface area contributed by atoms with Gasteiger partial charge in [-0.2, -0.15) is 0 Å². The van der Waals surface area contributed by atoms with Crippen LogP contribution >= 0.6 is 0 Å². The summed E-state index contributed by atoms with van der Waals surface area (Å²) in [6, 6.07) is 10.5. The van der Waals surface area contributed by atoms with Crippen molar-refractivity contribution in [1.29, 1.82) is 0 Å². The smallest absolute Gasteiger partial charge is 0.0720 e. The summed E-state index contributed by atoms with van der Waals surface area (Å²) >= 11 is 0. The summed E-state index contributed by atoms with van der Waals surface area (Å²) in [4.78, 5) is 0. The van der Waals surface area contributed by atoms with E-state index >= 15 is 0 Å². The molecular weight excluding hydrogens is 236 g/mol. The molecule has 0 heterocycles. The highest BCUT2D eigenvalue weighted by Crippen LogP contribution is 2.56. The lowest BCUT2D eigenvalue weighted by Crippen LogP contribution is -2.55. The first-order valence-corrected chi connectivity index (χ1v) is 7.65. The Morgan fingerprint density at radius 2 is 1.74 bits per heavy atom. The van der Waals surface area contributed by atoms with Gasteiger partial charge in [0.1, 0.15) is 0 Å². The van der Waals surface area contributed by atoms with Crippen LogP contribution in [0.5, 0.6) is 0 Å². The molecule has 1 aromatic rings. The molecule has 5 aliphatic rings. The average Bonchev–Trinajstić information content (AvgIpc) is 2.46. The second-order valence-corrected chi connectivity index (χ2v) is 6.69. The molecule has 5 aliphatic carbocycles. The van der Waals surface area contributed by atoms with E-state index in [-0.39, 0.29) is 6.10 Å². The zero-order valence-electron chi connectivity index (χ0n) is 11.2. The average molecular weight is 258 g/mol. The summed E-state index contributed by atoms with van der Waals surface area (Å²) in [5, 5.41) is 10.1. The maximum absolute atomic E-state index is 10.1. The van der Waals surface area contributed by atoms with E-state index in [1.807, 2.05) is 6.07 Å². The highest BCUT2D eigenvalue weighted by atomic mass is 16.5. The molecule has 0 aromatic heterocycles. The van der Waals surface area contributed by atoms with Crippen LogP contribution in [0.15, 0.2) is 30.3 Å². The van der Waals surface area contributed by atoms with Crippen LogP contribution in [0.25, 0.3) is 0 Å². The monoisotopic (exact) mass is 258 g/mol. The number of hydrogen-bond donors (Lipinski definition) is 1. The molecule has 1 N–H and O–H groups in total. The van der Waals surface area contributed by atoms with Crippen LogP contribution in [0.2, 0.25) is 0 Å². The lowest BCUT2D eigenvalue weighted by molar-refractivity contribution is -0.171. The van der Waals surface area contributed by atoms with Gasteiger partial charge in [0.2, 0.25) is 0 Å². The van der Waals surface area contributed by atoms with E-state index in [1.54, 1.807) is 0 Å². The minimum atomic E-state index is -0.0185. The molecule has 1 aromatic carbocycles. The number of hydrogen-bond acceptors (Lipinski definition) is 2. The third kappa shape index (κ3) is 2.02. The van der Waals surface area contributed by atoms with Crippen molar-refractivity contribution in [3.8, 4) is 0 Å². The molecule has 4 bridgehead atoms. The first-order valence-electron chi connectivity index (χ1n) is 7.65. The topological polar surface area (TPSA) is 29.5 Å². The van der Waals surface area contributed by atoms with Crippen LogP contribution in [0.3, 0.4) is 0 Å². The second-order valence-electron chi connectivity index (χ2n) is 6.69. The maximum atomic E-state index is 10.1. The van der Waals surface area contributed by atoms with Gasteiger partial charge in [-0.3, -0.25) is 0 Å². The van der Waals surface area contributed by atoms with Crippen molar-refractivity contribution in [2.24, 2.45) is 23.7 Å². The zero-order valence-corrected chi connectivity index (χ0v) is 11.2. The minimum absolute atomic E-state index is 0.0185. The Kier molecular flexibility index (Phi) is 2.89. The van der Waals surface area contributed by atoms with Crippen LogP contribution in [-0.4, -0.2) is 17.3 Å². The third-order valence-corrected chi connectivity index (χ3v) is 5.72. The van der Waals surface area contributed by atoms with Gasteiger partial charge in [0.25, 0.3) is 0 Å². The number of rotatable bonds is 3. The van der Waals surface area contributed by atoms with E-state index in [4.69, 9.17) is 4.74 Å². The molecule has 0 amide bonds. The molecule has 6 atom stereocenters. The van der Waals surface area contributed by atoms with Gasteiger partial charge in [-0.1, -0.05) is 30.3 Å². The van der Waals surface area contributed by atoms with E-state index in [0.29, 0.717) is 17.9 Å². The molecule has 0 saturated heterocycles. The largest absolute Gasteiger partial charge is 0.393 e. The van der Waals surface area contributed by atoms with Gasteiger partial charge >= 0.3 is 0 Å². The lowest BCUT2D eigenvalue weighted by atomic mass is 9.51. The summed E-state index contributed by atoms with van der Waals surface area (Å²) in [7, 11) is 0. The van der Waals surface area contributed by atoms with E-state index in [0.717, 1.165) is 24.9 Å². The Morgan fingerprint density at radius 3 is 2.47 bits per heavy atom. The number of aliphatic hydroxyl groups is 1. The minimum Gasteiger partial charge on any atom is -0.393 e. The molecule has 5 saturated carbocycles. The summed E-state index contributed by atoms with van der Waals surface area (Å²) in [5.41, 5.74) is 1.27. The number of aliphatic hydroxyl groups excluding tert-OH is 1. The Bertz CT molecular complexity index is 442. The highest BCUT2D eigenvalue weighted by Gasteiger charge is 2.53. The van der Waals surface area contributed by atoms with E-state index < -0.39 is 0 Å². The first-order chi connectivity index (χ1) is 9.31. The van der Waals surface area contributed by atoms with Gasteiger partial charge in [-0.25, -0.2) is 0 Å². The van der Waals surface area contributed by atoms with E-state index in [9.17, 15) is 5.11 Å². The normalized spacial score (nSPS) is 43.6. The third-order valence-electron chi connectivity index (χ3n) is 5.72. The summed E-state index contributed by atoms with van der Waals surface area (Å²) < 4.78 is 6.21. The van der Waals surface area contributed by atoms with E-state index in [1.165, 1.54) is 24.8 Å². The molecule has 0 spiro atoms. The predicted molar refractivity (Wildman–Crippen MR) is 73.5 cm³/mol. The summed E-state index contributed by atoms with van der Waals surface area (Å²) in [6.07, 6.45) is 5.17. The lowest BCUT2D eigenvalue weighted by Gasteiger charge is -2.57. The van der Waals surface area contributed by atoms with Gasteiger partial charge in [-0.05, 0) is 54.9 Å². The molecule has 0 radical (unpaired) electrons. The van der Waals surface area contributed by atoms with Crippen molar-refractivity contribution in [2.45, 2.75) is 44.5 Å². The fraction of sp³-hybridized carbons (Fsp3) is 0.647. The Balaban J connectivity index is 1.42. The van der Waals surface area contributed by atoms with Crippen LogP contribution in [-0.2, 0) is 11.3 Å². The van der Waals surface area contributed by atoms with Crippen LogP contribution in [0.4, 0.5) is 0 Å². The van der Waals surface area contributed by atoms with Crippen molar-refractivity contribution in [3.05, 3.63) is 35.9 Å². The molecule has 102 valence electrons. The standard InChI is InChI=1S/C17H22O2/c18-16-7-12-6-13-8-17(15(12)9-14(13)16)19-10-11-4-2-1-3-5-11/h1-5,12-18H,6-10H2. The molecule has 5 fully saturated rings. The van der Waals surface area contributed by atoms with Crippen molar-refractivity contribution in [2.75, 3.05) is 0 Å². The summed E-state index contributed by atoms with van der Waals surface area (Å²) in [5.74, 6) is 2.73. The maximum Gasteiger partial charge on any atom is 0.0720 e. The number of benzene rings is 1. The first kappa shape index (κ1) is 11.9. The van der Waals surface area contributed by atoms with Gasteiger partial charge in [0, 0.05) is 0 Å². The number of fused-ring (bicyclic) bond motifs is 2. The Labute approximate surface area is 114 Å². The van der Waals surface area contributed by atoms with Crippen LogP contribution < -0.4 is 0 Å². The molecule has 19 heavy (non-hydrogen) atoms. The SMILES string of the molecule is OC1CC2CC3CC(OCc4ccccc4)C2CC13. The Morgan fingerprint density at radius 1 is 0.947 bits per heavy atom. The second kappa shape index (κ2) is 4.60. The van der Waals surface area contributed by atoms with Gasteiger partial charge in [-0.15, -0.1) is 0 Å². The highest BCUT2D eigenvalue weighted by molar-refractivity contribution is 5.13. The van der Waals surface area contributed by atoms with Crippen LogP contribution in [0.1, 0.15) is 31.2 Å². The zero-order chi connectivity index (χ0) is 12.8.